The second-order valence-electron chi connectivity index (χ2n) is 11.2. The molecule has 7 nitrogen and oxygen atoms in total. The van der Waals surface area contributed by atoms with Gasteiger partial charge in [0.15, 0.2) is 5.66 Å². The Morgan fingerprint density at radius 1 is 0.925 bits per heavy atom. The van der Waals surface area contributed by atoms with Gasteiger partial charge in [-0.3, -0.25) is 24.1 Å². The van der Waals surface area contributed by atoms with Crippen molar-refractivity contribution in [1.82, 2.24) is 15.1 Å². The van der Waals surface area contributed by atoms with E-state index >= 15 is 0 Å². The van der Waals surface area contributed by atoms with E-state index in [2.05, 4.69) is 5.32 Å². The van der Waals surface area contributed by atoms with Crippen LogP contribution in [0.4, 0.5) is 13.2 Å². The Bertz CT molecular complexity index is 1300. The molecule has 0 aromatic heterocycles. The summed E-state index contributed by atoms with van der Waals surface area (Å²) >= 11 is 0. The Kier molecular flexibility index (Phi) is 8.62. The van der Waals surface area contributed by atoms with Crippen LogP contribution in [-0.2, 0) is 25.6 Å². The van der Waals surface area contributed by atoms with E-state index in [1.54, 1.807) is 83.1 Å². The number of ketones is 1. The smallest absolute Gasteiger partial charge is 0.326 e. The number of nitrogens with one attached hydrogen (secondary N) is 1. The molecule has 3 amide bonds. The monoisotopic (exact) mass is 557 g/mol. The summed E-state index contributed by atoms with van der Waals surface area (Å²) in [6.45, 7) is 9.32. The molecule has 10 heteroatoms. The van der Waals surface area contributed by atoms with Crippen LogP contribution in [0.2, 0.25) is 0 Å². The zero-order valence-electron chi connectivity index (χ0n) is 23.4. The van der Waals surface area contributed by atoms with Crippen LogP contribution in [0.5, 0.6) is 0 Å². The van der Waals surface area contributed by atoms with Gasteiger partial charge in [0.25, 0.3) is 11.7 Å². The predicted molar refractivity (Wildman–Crippen MR) is 144 cm³/mol. The lowest BCUT2D eigenvalue weighted by molar-refractivity contribution is -0.187. The molecule has 1 heterocycles. The van der Waals surface area contributed by atoms with Gasteiger partial charge >= 0.3 is 6.18 Å². The molecular formula is C30H34F3N3O4. The third-order valence-corrected chi connectivity index (χ3v) is 6.55. The number of alkyl halides is 3. The maximum absolute atomic E-state index is 14.5. The first-order chi connectivity index (χ1) is 18.5. The highest BCUT2D eigenvalue weighted by Gasteiger charge is 2.61. The number of amides is 3. The largest absolute Gasteiger partial charge is 0.454 e. The zero-order chi connectivity index (χ0) is 30.0. The van der Waals surface area contributed by atoms with Gasteiger partial charge in [-0.15, -0.1) is 0 Å². The summed E-state index contributed by atoms with van der Waals surface area (Å²) in [7, 11) is 0. The summed E-state index contributed by atoms with van der Waals surface area (Å²) in [5.74, 6) is -5.16. The van der Waals surface area contributed by atoms with Gasteiger partial charge in [-0.2, -0.15) is 13.2 Å². The van der Waals surface area contributed by atoms with Crippen LogP contribution in [0.3, 0.4) is 0 Å². The van der Waals surface area contributed by atoms with Crippen LogP contribution in [-0.4, -0.2) is 51.2 Å². The summed E-state index contributed by atoms with van der Waals surface area (Å²) in [5, 5.41) is 2.23. The van der Waals surface area contributed by atoms with Crippen molar-refractivity contribution in [2.45, 2.75) is 65.8 Å². The lowest BCUT2D eigenvalue weighted by atomic mass is 9.86. The number of Topliss-reactive ketones (excluding diaryl/α,β-unsaturated/α-hetero) is 1. The van der Waals surface area contributed by atoms with Crippen molar-refractivity contribution < 1.29 is 32.3 Å². The molecule has 0 spiro atoms. The van der Waals surface area contributed by atoms with Gasteiger partial charge in [0.2, 0.25) is 11.8 Å². The van der Waals surface area contributed by atoms with Gasteiger partial charge in [0, 0.05) is 25.0 Å². The van der Waals surface area contributed by atoms with E-state index in [4.69, 9.17) is 0 Å². The highest BCUT2D eigenvalue weighted by Crippen LogP contribution is 2.40. The van der Waals surface area contributed by atoms with Gasteiger partial charge < -0.3 is 10.2 Å². The van der Waals surface area contributed by atoms with Gasteiger partial charge in [0.1, 0.15) is 6.04 Å². The lowest BCUT2D eigenvalue weighted by Gasteiger charge is -2.50. The van der Waals surface area contributed by atoms with Crippen LogP contribution < -0.4 is 5.32 Å². The number of carbonyl (C=O) groups excluding carboxylic acids is 4. The van der Waals surface area contributed by atoms with Crippen molar-refractivity contribution in [2.75, 3.05) is 0 Å². The Labute approximate surface area is 232 Å². The summed E-state index contributed by atoms with van der Waals surface area (Å²) < 4.78 is 43.2. The SMILES string of the molecule is CC(=O)NC(Cc1ccccc1)(C(=O)C(F)(F)F)N1C(=O)C(C(C)C)N(C(=O)C(C)(C)C)C=C1c1ccccc1. The van der Waals surface area contributed by atoms with Crippen LogP contribution in [0, 0.1) is 11.3 Å². The highest BCUT2D eigenvalue weighted by molar-refractivity contribution is 6.06. The fourth-order valence-electron chi connectivity index (χ4n) is 4.86. The van der Waals surface area contributed by atoms with Crippen molar-refractivity contribution in [1.29, 1.82) is 0 Å². The molecule has 1 N–H and O–H groups in total. The van der Waals surface area contributed by atoms with Crippen molar-refractivity contribution in [3.05, 3.63) is 78.0 Å². The quantitative estimate of drug-likeness (QED) is 0.523. The molecule has 1 aliphatic heterocycles. The van der Waals surface area contributed by atoms with Crippen molar-refractivity contribution in [3.63, 3.8) is 0 Å². The summed E-state index contributed by atoms with van der Waals surface area (Å²) in [6.07, 6.45) is -4.77. The van der Waals surface area contributed by atoms with E-state index in [9.17, 15) is 32.3 Å². The third-order valence-electron chi connectivity index (χ3n) is 6.55. The normalized spacial score (nSPS) is 17.8. The maximum Gasteiger partial charge on any atom is 0.454 e. The first kappa shape index (κ1) is 30.6. The predicted octanol–water partition coefficient (Wildman–Crippen LogP) is 4.93. The molecule has 2 aromatic carbocycles. The number of hydrogen-bond acceptors (Lipinski definition) is 4. The Hall–Kier alpha value is -3.95. The Balaban J connectivity index is 2.46. The van der Waals surface area contributed by atoms with E-state index in [0.29, 0.717) is 0 Å². The van der Waals surface area contributed by atoms with E-state index in [1.807, 2.05) is 0 Å². The minimum atomic E-state index is -5.43. The number of hydrogen-bond donors (Lipinski definition) is 1. The molecule has 2 atom stereocenters. The number of carbonyl (C=O) groups is 4. The fourth-order valence-corrected chi connectivity index (χ4v) is 4.86. The number of rotatable bonds is 7. The van der Waals surface area contributed by atoms with Crippen LogP contribution in [0.25, 0.3) is 5.70 Å². The molecular weight excluding hydrogens is 523 g/mol. The average molecular weight is 558 g/mol. The number of nitrogens with zero attached hydrogens (tertiary/aromatic N) is 2. The first-order valence-electron chi connectivity index (χ1n) is 12.9. The molecule has 0 saturated carbocycles. The van der Waals surface area contributed by atoms with Crippen molar-refractivity contribution >= 4 is 29.2 Å². The summed E-state index contributed by atoms with van der Waals surface area (Å²) in [6, 6.07) is 14.6. The van der Waals surface area contributed by atoms with Gasteiger partial charge in [0.05, 0.1) is 5.70 Å². The first-order valence-corrected chi connectivity index (χ1v) is 12.9. The van der Waals surface area contributed by atoms with Crippen LogP contribution in [0.1, 0.15) is 52.7 Å². The third kappa shape index (κ3) is 6.11. The summed E-state index contributed by atoms with van der Waals surface area (Å²) in [4.78, 5) is 56.0. The molecule has 40 heavy (non-hydrogen) atoms. The van der Waals surface area contributed by atoms with Crippen molar-refractivity contribution in [3.8, 4) is 0 Å². The van der Waals surface area contributed by atoms with E-state index < -0.39 is 59.1 Å². The molecule has 3 rings (SSSR count). The topological polar surface area (TPSA) is 86.8 Å². The second kappa shape index (κ2) is 11.3. The van der Waals surface area contributed by atoms with Crippen molar-refractivity contribution in [2.24, 2.45) is 11.3 Å². The number of halogens is 3. The van der Waals surface area contributed by atoms with Gasteiger partial charge in [-0.25, -0.2) is 0 Å². The molecule has 0 fully saturated rings. The summed E-state index contributed by atoms with van der Waals surface area (Å²) in [5.41, 5.74) is -3.38. The molecule has 0 saturated heterocycles. The van der Waals surface area contributed by atoms with Crippen LogP contribution in [0.15, 0.2) is 66.9 Å². The van der Waals surface area contributed by atoms with E-state index in [1.165, 1.54) is 23.2 Å². The molecule has 2 unspecified atom stereocenters. The second-order valence-corrected chi connectivity index (χ2v) is 11.2. The van der Waals surface area contributed by atoms with Gasteiger partial charge in [-0.05, 0) is 17.0 Å². The minimum absolute atomic E-state index is 0.123. The Morgan fingerprint density at radius 3 is 1.90 bits per heavy atom. The maximum atomic E-state index is 14.5. The standard InChI is InChI=1S/C30H34F3N3O4/c1-19(2)24-25(38)36(23(22-15-11-8-12-16-22)18-35(24)27(40)28(4,5)6)29(34-20(3)37,26(39)30(31,32)33)17-21-13-9-7-10-14-21/h7-16,18-19,24H,17H2,1-6H3,(H,34,37). The molecule has 0 aliphatic carbocycles. The lowest BCUT2D eigenvalue weighted by Crippen LogP contribution is -2.73. The van der Waals surface area contributed by atoms with Crippen LogP contribution >= 0.6 is 0 Å². The van der Waals surface area contributed by atoms with E-state index in [-0.39, 0.29) is 16.8 Å². The molecule has 0 radical (unpaired) electrons. The minimum Gasteiger partial charge on any atom is -0.326 e. The van der Waals surface area contributed by atoms with Gasteiger partial charge in [-0.1, -0.05) is 95.3 Å². The Morgan fingerprint density at radius 2 is 1.45 bits per heavy atom. The zero-order valence-corrected chi connectivity index (χ0v) is 23.4. The van der Waals surface area contributed by atoms with E-state index in [0.717, 1.165) is 11.8 Å². The average Bonchev–Trinajstić information content (AvgIpc) is 2.86. The molecule has 2 aromatic rings. The molecule has 1 aliphatic rings. The highest BCUT2D eigenvalue weighted by atomic mass is 19.4. The fraction of sp³-hybridized carbons (Fsp3) is 0.400. The molecule has 214 valence electrons. The molecule has 0 bridgehead atoms. The number of benzene rings is 2.